The molecule has 6 nitrogen and oxygen atoms in total. The molecular weight excluding hydrogens is 985 g/mol. The van der Waals surface area contributed by atoms with Gasteiger partial charge in [-0.25, -0.2) is 0 Å². The van der Waals surface area contributed by atoms with E-state index in [0.717, 1.165) is 57.8 Å². The molecule has 0 aromatic carbocycles. The highest BCUT2D eigenvalue weighted by atomic mass is 16.6. The average Bonchev–Trinajstić information content (AvgIpc) is 3.46. The number of unbranched alkanes of at least 4 members (excludes halogenated alkanes) is 53. The molecule has 1 atom stereocenters. The summed E-state index contributed by atoms with van der Waals surface area (Å²) in [5.74, 6) is -0.841. The molecule has 0 radical (unpaired) electrons. The largest absolute Gasteiger partial charge is 0.462 e. The zero-order valence-electron chi connectivity index (χ0n) is 54.4. The maximum absolute atomic E-state index is 13.0. The van der Waals surface area contributed by atoms with Crippen molar-refractivity contribution < 1.29 is 28.6 Å². The Hall–Kier alpha value is -2.11. The van der Waals surface area contributed by atoms with Gasteiger partial charge in [0.05, 0.1) is 0 Å². The Morgan fingerprint density at radius 1 is 0.237 bits per heavy atom. The Labute approximate surface area is 500 Å². The highest BCUT2D eigenvalue weighted by Crippen LogP contribution is 2.19. The fourth-order valence-electron chi connectivity index (χ4n) is 11.2. The predicted octanol–water partition coefficient (Wildman–Crippen LogP) is 25.0. The third-order valence-corrected chi connectivity index (χ3v) is 16.7. The van der Waals surface area contributed by atoms with Crippen LogP contribution in [0.2, 0.25) is 0 Å². The summed E-state index contributed by atoms with van der Waals surface area (Å²) in [6.45, 7) is 6.71. The van der Waals surface area contributed by atoms with Crippen molar-refractivity contribution in [2.24, 2.45) is 0 Å². The molecule has 0 bridgehead atoms. The number of esters is 3. The van der Waals surface area contributed by atoms with Crippen LogP contribution in [0.15, 0.2) is 24.3 Å². The molecular formula is C74H140O6. The van der Waals surface area contributed by atoms with E-state index in [1.807, 2.05) is 0 Å². The van der Waals surface area contributed by atoms with E-state index in [4.69, 9.17) is 14.2 Å². The van der Waals surface area contributed by atoms with Crippen molar-refractivity contribution in [3.05, 3.63) is 24.3 Å². The molecule has 472 valence electrons. The minimum absolute atomic E-state index is 0.0677. The molecule has 0 heterocycles. The average molecular weight is 1130 g/mol. The summed E-state index contributed by atoms with van der Waals surface area (Å²) in [6, 6.07) is 0. The fraction of sp³-hybridized carbons (Fsp3) is 0.905. The lowest BCUT2D eigenvalue weighted by Gasteiger charge is -2.18. The fourth-order valence-corrected chi connectivity index (χ4v) is 11.2. The van der Waals surface area contributed by atoms with Gasteiger partial charge in [0.2, 0.25) is 0 Å². The van der Waals surface area contributed by atoms with E-state index in [1.165, 1.54) is 315 Å². The topological polar surface area (TPSA) is 78.9 Å². The Morgan fingerprint density at radius 3 is 0.625 bits per heavy atom. The van der Waals surface area contributed by atoms with Crippen molar-refractivity contribution in [3.8, 4) is 0 Å². The molecule has 0 N–H and O–H groups in total. The smallest absolute Gasteiger partial charge is 0.306 e. The van der Waals surface area contributed by atoms with Crippen LogP contribution < -0.4 is 0 Å². The zero-order valence-corrected chi connectivity index (χ0v) is 54.4. The number of rotatable bonds is 68. The van der Waals surface area contributed by atoms with Gasteiger partial charge in [0, 0.05) is 19.3 Å². The van der Waals surface area contributed by atoms with Gasteiger partial charge in [0.1, 0.15) is 13.2 Å². The Balaban J connectivity index is 4.25. The summed E-state index contributed by atoms with van der Waals surface area (Å²) < 4.78 is 17.0. The van der Waals surface area contributed by atoms with Gasteiger partial charge < -0.3 is 14.2 Å². The second-order valence-electron chi connectivity index (χ2n) is 24.9. The van der Waals surface area contributed by atoms with E-state index in [0.29, 0.717) is 19.3 Å². The number of hydrogen-bond donors (Lipinski definition) is 0. The van der Waals surface area contributed by atoms with Crippen molar-refractivity contribution in [1.29, 1.82) is 0 Å². The molecule has 0 aliphatic carbocycles. The molecule has 0 aliphatic rings. The quantitative estimate of drug-likeness (QED) is 0.0261. The second kappa shape index (κ2) is 69.4. The van der Waals surface area contributed by atoms with Gasteiger partial charge in [0.25, 0.3) is 0 Å². The van der Waals surface area contributed by atoms with Crippen LogP contribution in [0.1, 0.15) is 412 Å². The highest BCUT2D eigenvalue weighted by molar-refractivity contribution is 5.71. The lowest BCUT2D eigenvalue weighted by Crippen LogP contribution is -2.30. The third-order valence-electron chi connectivity index (χ3n) is 16.7. The molecule has 0 fully saturated rings. The van der Waals surface area contributed by atoms with Crippen molar-refractivity contribution in [2.75, 3.05) is 13.2 Å². The summed E-state index contributed by atoms with van der Waals surface area (Å²) in [5, 5.41) is 0. The van der Waals surface area contributed by atoms with Crippen LogP contribution in [0.25, 0.3) is 0 Å². The standard InChI is InChI=1S/C74H140O6/c1-4-7-10-13-16-19-22-25-28-31-33-34-35-36-37-38-39-41-43-46-49-52-55-58-61-64-67-73(76)79-70-71(69-78-72(75)66-63-60-57-54-51-48-45-42-30-27-24-21-18-15-12-9-6-3)80-74(77)68-65-62-59-56-53-50-47-44-40-32-29-26-23-20-17-14-11-8-5-2/h26-27,29-30,71H,4-25,28,31-70H2,1-3H3/b29-26-,30-27-. The maximum Gasteiger partial charge on any atom is 0.306 e. The van der Waals surface area contributed by atoms with Crippen LogP contribution in [0.4, 0.5) is 0 Å². The van der Waals surface area contributed by atoms with E-state index in [9.17, 15) is 14.4 Å². The van der Waals surface area contributed by atoms with Gasteiger partial charge in [-0.1, -0.05) is 347 Å². The summed E-state index contributed by atoms with van der Waals surface area (Å²) in [6.07, 6.45) is 85.0. The van der Waals surface area contributed by atoms with E-state index in [-0.39, 0.29) is 31.1 Å². The molecule has 0 saturated carbocycles. The van der Waals surface area contributed by atoms with Crippen LogP contribution in [0, 0.1) is 0 Å². The summed E-state index contributed by atoms with van der Waals surface area (Å²) in [4.78, 5) is 38.5. The number of ether oxygens (including phenoxy) is 3. The first-order valence-corrected chi connectivity index (χ1v) is 36.3. The lowest BCUT2D eigenvalue weighted by molar-refractivity contribution is -0.167. The molecule has 0 spiro atoms. The predicted molar refractivity (Wildman–Crippen MR) is 349 cm³/mol. The minimum Gasteiger partial charge on any atom is -0.462 e. The zero-order chi connectivity index (χ0) is 57.8. The van der Waals surface area contributed by atoms with Gasteiger partial charge in [-0.05, 0) is 70.6 Å². The van der Waals surface area contributed by atoms with Crippen LogP contribution in [-0.4, -0.2) is 37.2 Å². The maximum atomic E-state index is 13.0. The number of hydrogen-bond acceptors (Lipinski definition) is 6. The molecule has 0 aliphatic heterocycles. The molecule has 80 heavy (non-hydrogen) atoms. The monoisotopic (exact) mass is 1130 g/mol. The van der Waals surface area contributed by atoms with Crippen molar-refractivity contribution in [3.63, 3.8) is 0 Å². The van der Waals surface area contributed by atoms with Crippen molar-refractivity contribution in [2.45, 2.75) is 419 Å². The minimum atomic E-state index is -0.773. The normalized spacial score (nSPS) is 12.1. The molecule has 0 aromatic heterocycles. The van der Waals surface area contributed by atoms with Crippen LogP contribution in [0.3, 0.4) is 0 Å². The summed E-state index contributed by atoms with van der Waals surface area (Å²) >= 11 is 0. The van der Waals surface area contributed by atoms with Gasteiger partial charge in [-0.3, -0.25) is 14.4 Å². The third kappa shape index (κ3) is 66.7. The van der Waals surface area contributed by atoms with Crippen LogP contribution >= 0.6 is 0 Å². The van der Waals surface area contributed by atoms with Crippen molar-refractivity contribution in [1.82, 2.24) is 0 Å². The van der Waals surface area contributed by atoms with Gasteiger partial charge >= 0.3 is 17.9 Å². The lowest BCUT2D eigenvalue weighted by atomic mass is 10.0. The molecule has 0 aromatic rings. The molecule has 1 unspecified atom stereocenters. The van der Waals surface area contributed by atoms with Crippen LogP contribution in [0.5, 0.6) is 0 Å². The molecule has 0 amide bonds. The number of allylic oxidation sites excluding steroid dienone is 4. The second-order valence-corrected chi connectivity index (χ2v) is 24.9. The SMILES string of the molecule is CCCCCCCC/C=C\CCCCCCCCCCCC(=O)OC(COC(=O)CCCCCCCCC/C=C\CCCCCCCC)COC(=O)CCCCCCCCCCCCCCCCCCCCCCCCCCCC. The van der Waals surface area contributed by atoms with Crippen molar-refractivity contribution >= 4 is 17.9 Å². The number of carbonyl (C=O) groups excluding carboxylic acids is 3. The Morgan fingerprint density at radius 2 is 0.412 bits per heavy atom. The first kappa shape index (κ1) is 77.9. The summed E-state index contributed by atoms with van der Waals surface area (Å²) in [7, 11) is 0. The highest BCUT2D eigenvalue weighted by Gasteiger charge is 2.19. The Bertz CT molecular complexity index is 1290. The first-order valence-electron chi connectivity index (χ1n) is 36.3. The van der Waals surface area contributed by atoms with Gasteiger partial charge in [0.15, 0.2) is 6.10 Å². The summed E-state index contributed by atoms with van der Waals surface area (Å²) in [5.41, 5.74) is 0. The van der Waals surface area contributed by atoms with E-state index in [1.54, 1.807) is 0 Å². The van der Waals surface area contributed by atoms with Crippen LogP contribution in [-0.2, 0) is 28.6 Å². The first-order chi connectivity index (χ1) is 39.5. The van der Waals surface area contributed by atoms with E-state index < -0.39 is 6.10 Å². The van der Waals surface area contributed by atoms with E-state index in [2.05, 4.69) is 45.1 Å². The van der Waals surface area contributed by atoms with Gasteiger partial charge in [-0.2, -0.15) is 0 Å². The van der Waals surface area contributed by atoms with E-state index >= 15 is 0 Å². The van der Waals surface area contributed by atoms with Gasteiger partial charge in [-0.15, -0.1) is 0 Å². The Kier molecular flexibility index (Phi) is 67.6. The molecule has 6 heteroatoms. The number of carbonyl (C=O) groups is 3. The molecule has 0 rings (SSSR count). The molecule has 0 saturated heterocycles.